The Kier molecular flexibility index (Phi) is 3.55. The fourth-order valence-electron chi connectivity index (χ4n) is 3.72. The van der Waals surface area contributed by atoms with E-state index in [9.17, 15) is 0 Å². The Labute approximate surface area is 123 Å². The lowest BCUT2D eigenvalue weighted by atomic mass is 10.1. The van der Waals surface area contributed by atoms with Gasteiger partial charge in [0.15, 0.2) is 0 Å². The van der Waals surface area contributed by atoms with Crippen LogP contribution in [0.4, 0.5) is 0 Å². The maximum Gasteiger partial charge on any atom is 0.0882 e. The molecule has 2 aromatic rings. The van der Waals surface area contributed by atoms with Crippen molar-refractivity contribution in [1.82, 2.24) is 0 Å². The summed E-state index contributed by atoms with van der Waals surface area (Å²) in [5, 5.41) is 1.59. The van der Waals surface area contributed by atoms with E-state index in [2.05, 4.69) is 80.7 Å². The second-order valence-corrected chi connectivity index (χ2v) is 11.5. The average Bonchev–Trinajstić information content (AvgIpc) is 3.17. The van der Waals surface area contributed by atoms with Crippen LogP contribution in [-0.4, -0.2) is 8.07 Å². The standard InChI is InChI=1S/C19H24Si/c1-15-14-18(15)19(16-10-6-4-7-11-16)20(2,3)17-12-8-5-9-13-17/h4-13,15,18-19H,14H2,1-3H3/t15-,18-,19+/m1/s1. The van der Waals surface area contributed by atoms with Crippen molar-refractivity contribution in [3.8, 4) is 0 Å². The van der Waals surface area contributed by atoms with Crippen LogP contribution in [0.2, 0.25) is 13.1 Å². The Balaban J connectivity index is 2.02. The first-order valence-electron chi connectivity index (χ1n) is 7.71. The molecule has 0 amide bonds. The number of benzene rings is 2. The molecule has 0 N–H and O–H groups in total. The van der Waals surface area contributed by atoms with Gasteiger partial charge < -0.3 is 0 Å². The Morgan fingerprint density at radius 2 is 1.40 bits per heavy atom. The van der Waals surface area contributed by atoms with Gasteiger partial charge in [-0.1, -0.05) is 85.9 Å². The topological polar surface area (TPSA) is 0 Å². The van der Waals surface area contributed by atoms with Gasteiger partial charge in [-0.3, -0.25) is 0 Å². The zero-order valence-electron chi connectivity index (χ0n) is 12.7. The summed E-state index contributed by atoms with van der Waals surface area (Å²) >= 11 is 0. The highest BCUT2D eigenvalue weighted by molar-refractivity contribution is 6.91. The number of hydrogen-bond donors (Lipinski definition) is 0. The van der Waals surface area contributed by atoms with Crippen molar-refractivity contribution >= 4 is 13.3 Å². The molecule has 2 aromatic carbocycles. The Hall–Kier alpha value is -1.34. The van der Waals surface area contributed by atoms with Crippen molar-refractivity contribution < 1.29 is 0 Å². The first-order valence-corrected chi connectivity index (χ1v) is 10.8. The minimum atomic E-state index is -1.49. The fourth-order valence-corrected chi connectivity index (χ4v) is 7.69. The van der Waals surface area contributed by atoms with Gasteiger partial charge in [-0.15, -0.1) is 0 Å². The molecule has 0 spiro atoms. The molecule has 0 aliphatic heterocycles. The van der Waals surface area contributed by atoms with E-state index in [0.29, 0.717) is 0 Å². The molecule has 1 aliphatic rings. The highest BCUT2D eigenvalue weighted by atomic mass is 28.3. The van der Waals surface area contributed by atoms with Crippen LogP contribution in [0.1, 0.15) is 24.4 Å². The molecule has 1 fully saturated rings. The molecule has 0 unspecified atom stereocenters. The second kappa shape index (κ2) is 5.21. The van der Waals surface area contributed by atoms with E-state index in [-0.39, 0.29) is 0 Å². The predicted octanol–water partition coefficient (Wildman–Crippen LogP) is 4.58. The molecular weight excluding hydrogens is 256 g/mol. The van der Waals surface area contributed by atoms with Crippen LogP contribution in [0.25, 0.3) is 0 Å². The third-order valence-electron chi connectivity index (χ3n) is 5.05. The SMILES string of the molecule is C[C@@H]1C[C@H]1[C@H](c1ccccc1)[Si](C)(C)c1ccccc1. The van der Waals surface area contributed by atoms with E-state index < -0.39 is 8.07 Å². The molecule has 0 heterocycles. The molecule has 3 rings (SSSR count). The lowest BCUT2D eigenvalue weighted by Gasteiger charge is -2.34. The molecule has 0 nitrogen and oxygen atoms in total. The van der Waals surface area contributed by atoms with Gasteiger partial charge in [-0.05, 0) is 29.4 Å². The van der Waals surface area contributed by atoms with Crippen molar-refractivity contribution in [1.29, 1.82) is 0 Å². The summed E-state index contributed by atoms with van der Waals surface area (Å²) in [5.74, 6) is 1.79. The van der Waals surface area contributed by atoms with E-state index in [1.54, 1.807) is 10.8 Å². The molecule has 0 aromatic heterocycles. The molecule has 1 heteroatoms. The summed E-state index contributed by atoms with van der Waals surface area (Å²) in [6.45, 7) is 7.51. The monoisotopic (exact) mass is 280 g/mol. The van der Waals surface area contributed by atoms with Crippen molar-refractivity contribution in [2.75, 3.05) is 0 Å². The van der Waals surface area contributed by atoms with Crippen molar-refractivity contribution in [3.05, 3.63) is 66.2 Å². The third kappa shape index (κ3) is 2.47. The normalized spacial score (nSPS) is 23.4. The van der Waals surface area contributed by atoms with Crippen molar-refractivity contribution in [2.45, 2.75) is 32.0 Å². The fraction of sp³-hybridized carbons (Fsp3) is 0.368. The molecular formula is C19H24Si. The highest BCUT2D eigenvalue weighted by Crippen LogP contribution is 2.51. The summed E-state index contributed by atoms with van der Waals surface area (Å²) in [6, 6.07) is 22.4. The maximum atomic E-state index is 2.55. The second-order valence-electron chi connectivity index (χ2n) is 6.85. The quantitative estimate of drug-likeness (QED) is 0.719. The van der Waals surface area contributed by atoms with Gasteiger partial charge in [-0.2, -0.15) is 0 Å². The van der Waals surface area contributed by atoms with Gasteiger partial charge in [0.2, 0.25) is 0 Å². The smallest absolute Gasteiger partial charge is 0.0650 e. The van der Waals surface area contributed by atoms with Crippen LogP contribution in [-0.2, 0) is 0 Å². The van der Waals surface area contributed by atoms with Gasteiger partial charge in [-0.25, -0.2) is 0 Å². The van der Waals surface area contributed by atoms with Gasteiger partial charge >= 0.3 is 0 Å². The van der Waals surface area contributed by atoms with Gasteiger partial charge in [0.05, 0.1) is 8.07 Å². The van der Waals surface area contributed by atoms with Crippen molar-refractivity contribution in [2.24, 2.45) is 11.8 Å². The minimum Gasteiger partial charge on any atom is -0.0650 e. The summed E-state index contributed by atoms with van der Waals surface area (Å²) in [7, 11) is -1.49. The zero-order chi connectivity index (χ0) is 14.2. The lowest BCUT2D eigenvalue weighted by Crippen LogP contribution is -2.48. The molecule has 0 saturated heterocycles. The van der Waals surface area contributed by atoms with E-state index in [4.69, 9.17) is 0 Å². The number of rotatable bonds is 4. The van der Waals surface area contributed by atoms with E-state index in [0.717, 1.165) is 17.4 Å². The molecule has 1 aliphatic carbocycles. The summed E-state index contributed by atoms with van der Waals surface area (Å²) in [4.78, 5) is 0. The Morgan fingerprint density at radius 1 is 0.900 bits per heavy atom. The van der Waals surface area contributed by atoms with Gasteiger partial charge in [0.25, 0.3) is 0 Å². The maximum absolute atomic E-state index is 2.55. The molecule has 104 valence electrons. The van der Waals surface area contributed by atoms with Gasteiger partial charge in [0, 0.05) is 0 Å². The van der Waals surface area contributed by atoms with Crippen LogP contribution >= 0.6 is 0 Å². The minimum absolute atomic E-state index is 0.751. The van der Waals surface area contributed by atoms with Crippen LogP contribution in [0.3, 0.4) is 0 Å². The Morgan fingerprint density at radius 3 is 1.90 bits per heavy atom. The largest absolute Gasteiger partial charge is 0.0882 e. The lowest BCUT2D eigenvalue weighted by molar-refractivity contribution is 0.702. The molecule has 20 heavy (non-hydrogen) atoms. The van der Waals surface area contributed by atoms with Crippen molar-refractivity contribution in [3.63, 3.8) is 0 Å². The van der Waals surface area contributed by atoms with Gasteiger partial charge in [0.1, 0.15) is 0 Å². The third-order valence-corrected chi connectivity index (χ3v) is 9.19. The molecule has 0 radical (unpaired) electrons. The summed E-state index contributed by atoms with van der Waals surface area (Å²) < 4.78 is 0. The predicted molar refractivity (Wildman–Crippen MR) is 90.0 cm³/mol. The molecule has 3 atom stereocenters. The first-order chi connectivity index (χ1) is 9.60. The van der Waals surface area contributed by atoms with Crippen LogP contribution in [0.5, 0.6) is 0 Å². The van der Waals surface area contributed by atoms with Crippen LogP contribution < -0.4 is 5.19 Å². The summed E-state index contributed by atoms with van der Waals surface area (Å²) in [6.07, 6.45) is 1.41. The first kappa shape index (κ1) is 13.6. The molecule has 0 bridgehead atoms. The zero-order valence-corrected chi connectivity index (χ0v) is 13.7. The average molecular weight is 280 g/mol. The molecule has 1 saturated carbocycles. The van der Waals surface area contributed by atoms with E-state index >= 15 is 0 Å². The van der Waals surface area contributed by atoms with Crippen LogP contribution in [0, 0.1) is 11.8 Å². The van der Waals surface area contributed by atoms with E-state index in [1.807, 2.05) is 0 Å². The summed E-state index contributed by atoms with van der Waals surface area (Å²) in [5.41, 5.74) is 2.31. The number of hydrogen-bond acceptors (Lipinski definition) is 0. The Bertz CT molecular complexity index is 559. The highest BCUT2D eigenvalue weighted by Gasteiger charge is 2.48. The van der Waals surface area contributed by atoms with E-state index in [1.165, 1.54) is 6.42 Å². The van der Waals surface area contributed by atoms with Crippen LogP contribution in [0.15, 0.2) is 60.7 Å².